The van der Waals surface area contributed by atoms with Crippen LogP contribution in [0.3, 0.4) is 0 Å². The molecule has 2 aromatic carbocycles. The third-order valence-electron chi connectivity index (χ3n) is 4.60. The second-order valence-corrected chi connectivity index (χ2v) is 8.52. The van der Waals surface area contributed by atoms with Gasteiger partial charge < -0.3 is 14.1 Å². The van der Waals surface area contributed by atoms with E-state index < -0.39 is 10.0 Å². The van der Waals surface area contributed by atoms with Crippen LogP contribution in [0, 0.1) is 0 Å². The highest BCUT2D eigenvalue weighted by Gasteiger charge is 2.18. The lowest BCUT2D eigenvalue weighted by Gasteiger charge is -2.21. The molecule has 0 saturated heterocycles. The van der Waals surface area contributed by atoms with Crippen LogP contribution in [-0.2, 0) is 23.1 Å². The van der Waals surface area contributed by atoms with Crippen LogP contribution in [0.1, 0.15) is 21.7 Å². The molecule has 3 rings (SSSR count). The molecule has 0 radical (unpaired) electrons. The van der Waals surface area contributed by atoms with Crippen molar-refractivity contribution in [3.63, 3.8) is 0 Å². The Balaban J connectivity index is 1.70. The minimum absolute atomic E-state index is 0.0466. The summed E-state index contributed by atoms with van der Waals surface area (Å²) in [6, 6.07) is 16.7. The van der Waals surface area contributed by atoms with E-state index in [9.17, 15) is 13.2 Å². The minimum Gasteiger partial charge on any atom is -0.497 e. The number of rotatable bonds is 10. The van der Waals surface area contributed by atoms with Crippen molar-refractivity contribution in [2.24, 2.45) is 0 Å². The van der Waals surface area contributed by atoms with E-state index in [-0.39, 0.29) is 17.3 Å². The summed E-state index contributed by atoms with van der Waals surface area (Å²) in [5.41, 5.74) is 1.33. The smallest absolute Gasteiger partial charge is 0.254 e. The lowest BCUT2D eigenvalue weighted by Crippen LogP contribution is -2.30. The van der Waals surface area contributed by atoms with E-state index in [0.717, 1.165) is 11.3 Å². The Hall–Kier alpha value is -3.36. The molecule has 0 fully saturated rings. The molecule has 1 aromatic heterocycles. The first kappa shape index (κ1) is 22.3. The van der Waals surface area contributed by atoms with Gasteiger partial charge >= 0.3 is 0 Å². The summed E-state index contributed by atoms with van der Waals surface area (Å²) in [5.74, 6) is 1.03. The first-order valence-corrected chi connectivity index (χ1v) is 11.1. The Morgan fingerprint density at radius 2 is 1.84 bits per heavy atom. The molecular weight excluding hydrogens is 416 g/mol. The normalized spacial score (nSPS) is 11.1. The Kier molecular flexibility index (Phi) is 7.28. The van der Waals surface area contributed by atoms with Crippen molar-refractivity contribution in [2.75, 3.05) is 13.7 Å². The van der Waals surface area contributed by atoms with Crippen LogP contribution in [0.5, 0.6) is 5.75 Å². The number of nitrogens with one attached hydrogen (secondary N) is 1. The highest BCUT2D eigenvalue weighted by atomic mass is 32.2. The van der Waals surface area contributed by atoms with Gasteiger partial charge in [0, 0.05) is 18.7 Å². The van der Waals surface area contributed by atoms with Gasteiger partial charge in [0.15, 0.2) is 0 Å². The third-order valence-corrected chi connectivity index (χ3v) is 6.01. The lowest BCUT2D eigenvalue weighted by atomic mass is 10.1. The van der Waals surface area contributed by atoms with Crippen LogP contribution in [0.25, 0.3) is 0 Å². The minimum atomic E-state index is -3.73. The largest absolute Gasteiger partial charge is 0.497 e. The highest BCUT2D eigenvalue weighted by Crippen LogP contribution is 2.17. The summed E-state index contributed by atoms with van der Waals surface area (Å²) in [4.78, 5) is 14.7. The summed E-state index contributed by atoms with van der Waals surface area (Å²) in [7, 11) is -2.13. The van der Waals surface area contributed by atoms with Gasteiger partial charge in [-0.05, 0) is 54.1 Å². The van der Waals surface area contributed by atoms with Gasteiger partial charge in [-0.1, -0.05) is 18.2 Å². The molecule has 7 nitrogen and oxygen atoms in total. The van der Waals surface area contributed by atoms with Crippen molar-refractivity contribution in [1.82, 2.24) is 9.62 Å². The molecule has 0 aliphatic carbocycles. The zero-order valence-electron chi connectivity index (χ0n) is 17.2. The number of carbonyl (C=O) groups is 1. The molecule has 0 spiro atoms. The Labute approximate surface area is 182 Å². The van der Waals surface area contributed by atoms with E-state index in [1.165, 1.54) is 30.5 Å². The number of benzene rings is 2. The zero-order chi connectivity index (χ0) is 22.3. The molecule has 0 aliphatic heterocycles. The number of hydrogen-bond acceptors (Lipinski definition) is 5. The fourth-order valence-corrected chi connectivity index (χ4v) is 3.94. The zero-order valence-corrected chi connectivity index (χ0v) is 18.0. The van der Waals surface area contributed by atoms with Crippen molar-refractivity contribution in [1.29, 1.82) is 0 Å². The monoisotopic (exact) mass is 440 g/mol. The van der Waals surface area contributed by atoms with Crippen molar-refractivity contribution in [3.8, 4) is 5.75 Å². The second kappa shape index (κ2) is 10.1. The number of furan rings is 1. The van der Waals surface area contributed by atoms with Gasteiger partial charge in [-0.15, -0.1) is 6.58 Å². The van der Waals surface area contributed by atoms with Crippen LogP contribution in [0.15, 0.2) is 88.9 Å². The van der Waals surface area contributed by atoms with Crippen molar-refractivity contribution in [2.45, 2.75) is 18.0 Å². The van der Waals surface area contributed by atoms with Gasteiger partial charge in [0.05, 0.1) is 24.8 Å². The maximum atomic E-state index is 13.0. The molecule has 1 N–H and O–H groups in total. The molecule has 8 heteroatoms. The van der Waals surface area contributed by atoms with Crippen LogP contribution in [0.2, 0.25) is 0 Å². The maximum Gasteiger partial charge on any atom is 0.254 e. The van der Waals surface area contributed by atoms with Crippen LogP contribution in [-0.4, -0.2) is 32.9 Å². The Bertz CT molecular complexity index is 1110. The predicted octanol–water partition coefficient (Wildman–Crippen LogP) is 3.60. The van der Waals surface area contributed by atoms with E-state index >= 15 is 0 Å². The van der Waals surface area contributed by atoms with Crippen molar-refractivity contribution in [3.05, 3.63) is 96.5 Å². The molecule has 0 aliphatic rings. The van der Waals surface area contributed by atoms with Gasteiger partial charge in [0.25, 0.3) is 5.91 Å². The number of methoxy groups -OCH3 is 1. The van der Waals surface area contributed by atoms with E-state index in [2.05, 4.69) is 11.3 Å². The van der Waals surface area contributed by atoms with Crippen molar-refractivity contribution >= 4 is 15.9 Å². The lowest BCUT2D eigenvalue weighted by molar-refractivity contribution is 0.0762. The number of carbonyl (C=O) groups excluding carboxylic acids is 1. The summed E-state index contributed by atoms with van der Waals surface area (Å²) in [6.45, 7) is 4.52. The van der Waals surface area contributed by atoms with E-state index in [1.807, 2.05) is 24.3 Å². The maximum absolute atomic E-state index is 13.0. The van der Waals surface area contributed by atoms with Gasteiger partial charge in [-0.2, -0.15) is 0 Å². The average molecular weight is 441 g/mol. The number of ether oxygens (including phenoxy) is 1. The fourth-order valence-electron chi connectivity index (χ4n) is 2.95. The molecular formula is C23H24N2O5S. The standard InChI is InChI=1S/C23H24N2O5S/c1-3-14-25(17-18-6-10-20(29-2)11-7-18)23(26)19-8-12-22(13-9-19)31(27,28)24-16-21-5-4-15-30-21/h3-13,15,24H,1,14,16-17H2,2H3. The van der Waals surface area contributed by atoms with E-state index in [4.69, 9.17) is 9.15 Å². The van der Waals surface area contributed by atoms with Gasteiger partial charge in [-0.3, -0.25) is 4.79 Å². The van der Waals surface area contributed by atoms with Crippen LogP contribution < -0.4 is 9.46 Å². The Morgan fingerprint density at radius 3 is 2.42 bits per heavy atom. The first-order chi connectivity index (χ1) is 14.9. The number of amides is 1. The second-order valence-electron chi connectivity index (χ2n) is 6.75. The summed E-state index contributed by atoms with van der Waals surface area (Å²) < 4.78 is 37.7. The van der Waals surface area contributed by atoms with E-state index in [0.29, 0.717) is 24.4 Å². The van der Waals surface area contributed by atoms with Crippen LogP contribution in [0.4, 0.5) is 0 Å². The molecule has 0 saturated carbocycles. The molecule has 3 aromatic rings. The SMILES string of the molecule is C=CCN(Cc1ccc(OC)cc1)C(=O)c1ccc(S(=O)(=O)NCc2ccco2)cc1. The average Bonchev–Trinajstić information content (AvgIpc) is 3.31. The highest BCUT2D eigenvalue weighted by molar-refractivity contribution is 7.89. The van der Waals surface area contributed by atoms with Gasteiger partial charge in [0.1, 0.15) is 11.5 Å². The van der Waals surface area contributed by atoms with Gasteiger partial charge in [-0.25, -0.2) is 13.1 Å². The summed E-state index contributed by atoms with van der Waals surface area (Å²) in [5, 5.41) is 0. The first-order valence-electron chi connectivity index (χ1n) is 9.58. The van der Waals surface area contributed by atoms with E-state index in [1.54, 1.807) is 30.2 Å². The molecule has 1 heterocycles. The molecule has 31 heavy (non-hydrogen) atoms. The molecule has 162 valence electrons. The third kappa shape index (κ3) is 5.84. The molecule has 0 atom stereocenters. The summed E-state index contributed by atoms with van der Waals surface area (Å²) in [6.07, 6.45) is 3.13. The fraction of sp³-hybridized carbons (Fsp3) is 0.174. The Morgan fingerprint density at radius 1 is 1.13 bits per heavy atom. The topological polar surface area (TPSA) is 88.8 Å². The quantitative estimate of drug-likeness (QED) is 0.487. The summed E-state index contributed by atoms with van der Waals surface area (Å²) >= 11 is 0. The number of nitrogens with zero attached hydrogens (tertiary/aromatic N) is 1. The number of sulfonamides is 1. The molecule has 1 amide bonds. The predicted molar refractivity (Wildman–Crippen MR) is 117 cm³/mol. The van der Waals surface area contributed by atoms with Gasteiger partial charge in [0.2, 0.25) is 10.0 Å². The number of hydrogen-bond donors (Lipinski definition) is 1. The molecule has 0 bridgehead atoms. The molecule has 0 unspecified atom stereocenters. The van der Waals surface area contributed by atoms with Crippen molar-refractivity contribution < 1.29 is 22.4 Å². The van der Waals surface area contributed by atoms with Crippen LogP contribution >= 0.6 is 0 Å².